The third-order valence-corrected chi connectivity index (χ3v) is 6.57. The third-order valence-electron chi connectivity index (χ3n) is 6.07. The fourth-order valence-corrected chi connectivity index (χ4v) is 4.78. The van der Waals surface area contributed by atoms with Crippen molar-refractivity contribution in [3.05, 3.63) is 52.0 Å². The maximum Gasteiger partial charge on any atom is 0.231 e. The average molecular weight is 458 g/mol. The Morgan fingerprint density at radius 1 is 1.14 bits per heavy atom. The topological polar surface area (TPSA) is 66.3 Å². The molecule has 1 atom stereocenters. The first kappa shape index (κ1) is 18.9. The maximum absolute atomic E-state index is 10.6. The second kappa shape index (κ2) is 7.31. The van der Waals surface area contributed by atoms with E-state index in [1.165, 1.54) is 0 Å². The number of piperidine rings is 1. The first-order chi connectivity index (χ1) is 14.0. The Morgan fingerprint density at radius 3 is 2.76 bits per heavy atom. The van der Waals surface area contributed by atoms with Crippen LogP contribution >= 0.6 is 15.9 Å². The molecule has 0 aliphatic carbocycles. The number of rotatable bonds is 2. The van der Waals surface area contributed by atoms with Gasteiger partial charge in [0.15, 0.2) is 11.5 Å². The van der Waals surface area contributed by atoms with Gasteiger partial charge in [-0.15, -0.1) is 0 Å². The molecule has 7 heteroatoms. The van der Waals surface area contributed by atoms with Crippen LogP contribution in [-0.2, 0) is 0 Å². The fourth-order valence-electron chi connectivity index (χ4n) is 4.40. The van der Waals surface area contributed by atoms with E-state index in [1.54, 1.807) is 6.07 Å². The summed E-state index contributed by atoms with van der Waals surface area (Å²) in [7, 11) is 2.15. The van der Waals surface area contributed by atoms with Gasteiger partial charge < -0.3 is 19.5 Å². The Bertz CT molecular complexity index is 970. The van der Waals surface area contributed by atoms with E-state index < -0.39 is 0 Å². The average Bonchev–Trinajstić information content (AvgIpc) is 3.20. The summed E-state index contributed by atoms with van der Waals surface area (Å²) in [5.74, 6) is 1.85. The van der Waals surface area contributed by atoms with Crippen LogP contribution in [0.25, 0.3) is 0 Å². The lowest BCUT2D eigenvalue weighted by atomic mass is 9.87. The Labute approximate surface area is 178 Å². The number of fused-ring (bicyclic) bond motifs is 1. The van der Waals surface area contributed by atoms with Crippen LogP contribution in [0.2, 0.25) is 0 Å². The Morgan fingerprint density at radius 2 is 1.93 bits per heavy atom. The van der Waals surface area contributed by atoms with E-state index in [0.717, 1.165) is 58.7 Å². The SMILES string of the molecule is CN1CCC2(CC1)N=C(c1ccc3c(c1)OCO3)C[C@H](c1cc(Br)ccc1O)N2. The molecule has 6 nitrogen and oxygen atoms in total. The van der Waals surface area contributed by atoms with Gasteiger partial charge in [0.25, 0.3) is 0 Å². The summed E-state index contributed by atoms with van der Waals surface area (Å²) in [6.07, 6.45) is 2.56. The lowest BCUT2D eigenvalue weighted by Crippen LogP contribution is -2.55. The summed E-state index contributed by atoms with van der Waals surface area (Å²) in [5.41, 5.74) is 2.66. The molecule has 3 heterocycles. The molecule has 1 saturated heterocycles. The number of nitrogens with zero attached hydrogens (tertiary/aromatic N) is 2. The number of ether oxygens (including phenoxy) is 2. The molecular weight excluding hydrogens is 434 g/mol. The smallest absolute Gasteiger partial charge is 0.231 e. The molecule has 2 aromatic carbocycles. The zero-order valence-electron chi connectivity index (χ0n) is 16.3. The molecule has 1 spiro atoms. The van der Waals surface area contributed by atoms with E-state index in [2.05, 4.69) is 39.3 Å². The highest BCUT2D eigenvalue weighted by Gasteiger charge is 2.40. The van der Waals surface area contributed by atoms with Crippen LogP contribution in [0.4, 0.5) is 0 Å². The molecule has 3 aliphatic rings. The quantitative estimate of drug-likeness (QED) is 0.717. The Balaban J connectivity index is 1.55. The summed E-state index contributed by atoms with van der Waals surface area (Å²) in [5, 5.41) is 14.3. The molecule has 1 fully saturated rings. The van der Waals surface area contributed by atoms with Crippen LogP contribution in [0.3, 0.4) is 0 Å². The molecule has 0 saturated carbocycles. The molecule has 0 bridgehead atoms. The molecule has 2 N–H and O–H groups in total. The van der Waals surface area contributed by atoms with Crippen LogP contribution in [-0.4, -0.2) is 48.3 Å². The van der Waals surface area contributed by atoms with E-state index >= 15 is 0 Å². The highest BCUT2D eigenvalue weighted by molar-refractivity contribution is 9.10. The first-order valence-corrected chi connectivity index (χ1v) is 10.7. The molecule has 152 valence electrons. The van der Waals surface area contributed by atoms with Crippen molar-refractivity contribution in [3.8, 4) is 17.2 Å². The van der Waals surface area contributed by atoms with Gasteiger partial charge in [-0.2, -0.15) is 0 Å². The minimum absolute atomic E-state index is 0.0196. The van der Waals surface area contributed by atoms with E-state index in [-0.39, 0.29) is 18.5 Å². The molecule has 29 heavy (non-hydrogen) atoms. The zero-order valence-corrected chi connectivity index (χ0v) is 17.9. The largest absolute Gasteiger partial charge is 0.508 e. The molecule has 0 radical (unpaired) electrons. The number of benzene rings is 2. The van der Waals surface area contributed by atoms with Crippen molar-refractivity contribution >= 4 is 21.6 Å². The number of likely N-dealkylation sites (tertiary alicyclic amines) is 1. The highest BCUT2D eigenvalue weighted by Crippen LogP contribution is 2.40. The molecule has 3 aliphatic heterocycles. The third kappa shape index (κ3) is 3.63. The van der Waals surface area contributed by atoms with Crippen LogP contribution in [0.15, 0.2) is 45.9 Å². The maximum atomic E-state index is 10.6. The predicted octanol–water partition coefficient (Wildman–Crippen LogP) is 3.83. The van der Waals surface area contributed by atoms with Gasteiger partial charge >= 0.3 is 0 Å². The van der Waals surface area contributed by atoms with E-state index in [4.69, 9.17) is 14.5 Å². The molecule has 0 unspecified atom stereocenters. The summed E-state index contributed by atoms with van der Waals surface area (Å²) in [6.45, 7) is 2.24. The summed E-state index contributed by atoms with van der Waals surface area (Å²) in [4.78, 5) is 7.56. The van der Waals surface area contributed by atoms with Crippen molar-refractivity contribution in [1.82, 2.24) is 10.2 Å². The monoisotopic (exact) mass is 457 g/mol. The zero-order chi connectivity index (χ0) is 20.0. The van der Waals surface area contributed by atoms with Gasteiger partial charge in [0.2, 0.25) is 6.79 Å². The minimum Gasteiger partial charge on any atom is -0.508 e. The number of aliphatic imine (C=N–C) groups is 1. The summed E-state index contributed by atoms with van der Waals surface area (Å²) in [6, 6.07) is 11.6. The van der Waals surface area contributed by atoms with Crippen molar-refractivity contribution in [3.63, 3.8) is 0 Å². The fraction of sp³-hybridized carbons (Fsp3) is 0.409. The Kier molecular flexibility index (Phi) is 4.76. The number of aromatic hydroxyl groups is 1. The lowest BCUT2D eigenvalue weighted by molar-refractivity contribution is 0.144. The van der Waals surface area contributed by atoms with Gasteiger partial charge in [-0.1, -0.05) is 15.9 Å². The van der Waals surface area contributed by atoms with Crippen molar-refractivity contribution in [2.75, 3.05) is 26.9 Å². The second-order valence-electron chi connectivity index (χ2n) is 8.07. The number of nitrogens with one attached hydrogen (secondary N) is 1. The van der Waals surface area contributed by atoms with Crippen LogP contribution in [0, 0.1) is 0 Å². The van der Waals surface area contributed by atoms with Crippen LogP contribution in [0.5, 0.6) is 17.2 Å². The number of phenolic OH excluding ortho intramolecular Hbond substituents is 1. The number of phenols is 1. The predicted molar refractivity (Wildman–Crippen MR) is 115 cm³/mol. The normalized spacial score (nSPS) is 23.2. The summed E-state index contributed by atoms with van der Waals surface area (Å²) >= 11 is 3.55. The second-order valence-corrected chi connectivity index (χ2v) is 8.98. The van der Waals surface area contributed by atoms with E-state index in [1.807, 2.05) is 24.3 Å². The van der Waals surface area contributed by atoms with Gasteiger partial charge in [-0.3, -0.25) is 10.3 Å². The van der Waals surface area contributed by atoms with Gasteiger partial charge in [0, 0.05) is 41.3 Å². The molecule has 0 amide bonds. The molecule has 0 aromatic heterocycles. The first-order valence-electron chi connectivity index (χ1n) is 9.95. The summed E-state index contributed by atoms with van der Waals surface area (Å²) < 4.78 is 12.0. The van der Waals surface area contributed by atoms with Gasteiger partial charge in [-0.25, -0.2) is 0 Å². The number of hydrogen-bond donors (Lipinski definition) is 2. The van der Waals surface area contributed by atoms with Gasteiger partial charge in [-0.05, 0) is 61.9 Å². The van der Waals surface area contributed by atoms with Crippen molar-refractivity contribution < 1.29 is 14.6 Å². The van der Waals surface area contributed by atoms with Crippen molar-refractivity contribution in [2.24, 2.45) is 4.99 Å². The molecule has 5 rings (SSSR count). The Hall–Kier alpha value is -2.09. The molecular formula is C22H24BrN3O3. The van der Waals surface area contributed by atoms with Gasteiger partial charge in [0.05, 0.1) is 0 Å². The minimum atomic E-state index is -0.324. The van der Waals surface area contributed by atoms with Crippen molar-refractivity contribution in [1.29, 1.82) is 0 Å². The molecule has 2 aromatic rings. The lowest BCUT2D eigenvalue weighted by Gasteiger charge is -2.44. The van der Waals surface area contributed by atoms with Crippen LogP contribution in [0.1, 0.15) is 36.4 Å². The number of hydrogen-bond acceptors (Lipinski definition) is 6. The van der Waals surface area contributed by atoms with E-state index in [0.29, 0.717) is 12.2 Å². The number of halogens is 1. The standard InChI is InChI=1S/C22H24BrN3O3/c1-26-8-6-22(7-9-26)24-17(14-2-5-20-21(10-14)29-13-28-20)12-18(25-22)16-11-15(23)3-4-19(16)27/h2-5,10-11,18,25,27H,6-9,12-13H2,1H3/t18-/m1/s1. The van der Waals surface area contributed by atoms with Crippen molar-refractivity contribution in [2.45, 2.75) is 31.0 Å². The highest BCUT2D eigenvalue weighted by atomic mass is 79.9. The van der Waals surface area contributed by atoms with Gasteiger partial charge in [0.1, 0.15) is 11.4 Å². The van der Waals surface area contributed by atoms with Crippen LogP contribution < -0.4 is 14.8 Å². The van der Waals surface area contributed by atoms with E-state index in [9.17, 15) is 5.11 Å².